The van der Waals surface area contributed by atoms with Crippen LogP contribution in [0.4, 0.5) is 0 Å². The van der Waals surface area contributed by atoms with Gasteiger partial charge in [-0.3, -0.25) is 4.79 Å². The van der Waals surface area contributed by atoms with E-state index in [1.54, 1.807) is 12.0 Å². The maximum atomic E-state index is 12.3. The van der Waals surface area contributed by atoms with Gasteiger partial charge in [-0.2, -0.15) is 0 Å². The number of carbonyl (C=O) groups excluding carboxylic acids is 1. The molecule has 1 aliphatic heterocycles. The summed E-state index contributed by atoms with van der Waals surface area (Å²) in [6.45, 7) is 1.91. The largest absolute Gasteiger partial charge is 0.384 e. The average Bonchev–Trinajstić information content (AvgIpc) is 2.88. The maximum Gasteiger partial charge on any atom is 0.270 e. The summed E-state index contributed by atoms with van der Waals surface area (Å²) in [5.74, 6) is 0.117. The lowest BCUT2D eigenvalue weighted by atomic mass is 9.99. The van der Waals surface area contributed by atoms with Crippen LogP contribution < -0.4 is 5.14 Å². The van der Waals surface area contributed by atoms with Crippen LogP contribution in [0.25, 0.3) is 0 Å². The van der Waals surface area contributed by atoms with E-state index >= 15 is 0 Å². The Kier molecular flexibility index (Phi) is 4.46. The molecule has 1 aliphatic rings. The second kappa shape index (κ2) is 5.94. The van der Waals surface area contributed by atoms with Crippen molar-refractivity contribution in [2.75, 3.05) is 26.8 Å². The summed E-state index contributed by atoms with van der Waals surface area (Å²) >= 11 is 0. The van der Waals surface area contributed by atoms with Crippen LogP contribution in [0, 0.1) is 5.92 Å². The van der Waals surface area contributed by atoms with Crippen LogP contribution in [0.15, 0.2) is 17.2 Å². The number of methoxy groups -OCH3 is 1. The number of aromatic nitrogens is 1. The van der Waals surface area contributed by atoms with Crippen molar-refractivity contribution in [1.29, 1.82) is 0 Å². The molecule has 8 heteroatoms. The van der Waals surface area contributed by atoms with E-state index in [9.17, 15) is 13.2 Å². The molecule has 1 unspecified atom stereocenters. The van der Waals surface area contributed by atoms with Crippen molar-refractivity contribution in [1.82, 2.24) is 9.88 Å². The third kappa shape index (κ3) is 3.38. The second-order valence-electron chi connectivity index (χ2n) is 5.01. The summed E-state index contributed by atoms with van der Waals surface area (Å²) in [7, 11) is -2.14. The zero-order valence-corrected chi connectivity index (χ0v) is 12.1. The number of hydrogen-bond donors (Lipinski definition) is 2. The van der Waals surface area contributed by atoms with Crippen molar-refractivity contribution in [2.45, 2.75) is 17.7 Å². The molecule has 1 saturated heterocycles. The topological polar surface area (TPSA) is 105 Å². The normalized spacial score (nSPS) is 20.1. The minimum atomic E-state index is -3.79. The highest BCUT2D eigenvalue weighted by atomic mass is 32.2. The molecule has 3 N–H and O–H groups in total. The Balaban J connectivity index is 2.09. The number of rotatable bonds is 4. The molecule has 112 valence electrons. The van der Waals surface area contributed by atoms with Crippen LogP contribution in [0.3, 0.4) is 0 Å². The third-order valence-corrected chi connectivity index (χ3v) is 4.32. The molecule has 0 spiro atoms. The van der Waals surface area contributed by atoms with E-state index in [0.29, 0.717) is 25.6 Å². The van der Waals surface area contributed by atoms with Gasteiger partial charge in [-0.25, -0.2) is 13.6 Å². The number of likely N-dealkylation sites (tertiary alicyclic amines) is 1. The van der Waals surface area contributed by atoms with Crippen molar-refractivity contribution < 1.29 is 17.9 Å². The van der Waals surface area contributed by atoms with Crippen molar-refractivity contribution in [2.24, 2.45) is 11.1 Å². The van der Waals surface area contributed by atoms with Crippen molar-refractivity contribution in [3.63, 3.8) is 0 Å². The first kappa shape index (κ1) is 15.0. The number of primary sulfonamides is 1. The summed E-state index contributed by atoms with van der Waals surface area (Å²) in [5, 5.41) is 5.02. The van der Waals surface area contributed by atoms with E-state index in [-0.39, 0.29) is 16.5 Å². The molecule has 1 fully saturated rings. The number of piperidine rings is 1. The lowest BCUT2D eigenvalue weighted by molar-refractivity contribution is 0.0566. The molecule has 7 nitrogen and oxygen atoms in total. The fourth-order valence-electron chi connectivity index (χ4n) is 2.45. The standard InChI is InChI=1S/C12H19N3O4S/c1-19-8-9-3-2-4-15(7-9)12(16)11-5-10(6-14-11)20(13,17)18/h5-6,9,14H,2-4,7-8H2,1H3,(H2,13,17,18). The van der Waals surface area contributed by atoms with E-state index in [2.05, 4.69) is 4.98 Å². The number of nitrogens with one attached hydrogen (secondary N) is 1. The van der Waals surface area contributed by atoms with Crippen LogP contribution in [-0.4, -0.2) is 51.0 Å². The number of sulfonamides is 1. The van der Waals surface area contributed by atoms with Gasteiger partial charge in [0.2, 0.25) is 10.0 Å². The Morgan fingerprint density at radius 1 is 1.60 bits per heavy atom. The SMILES string of the molecule is COCC1CCCN(C(=O)c2cc(S(N)(=O)=O)c[nH]2)C1. The summed E-state index contributed by atoms with van der Waals surface area (Å²) in [4.78, 5) is 16.6. The van der Waals surface area contributed by atoms with Gasteiger partial charge in [0.1, 0.15) is 5.69 Å². The van der Waals surface area contributed by atoms with Crippen molar-refractivity contribution >= 4 is 15.9 Å². The number of nitrogens with zero attached hydrogens (tertiary/aromatic N) is 1. The molecule has 0 aliphatic carbocycles. The van der Waals surface area contributed by atoms with E-state index in [4.69, 9.17) is 9.88 Å². The first-order valence-corrected chi connectivity index (χ1v) is 7.96. The van der Waals surface area contributed by atoms with Gasteiger partial charge in [0, 0.05) is 26.4 Å². The zero-order chi connectivity index (χ0) is 14.8. The molecule has 2 rings (SSSR count). The molecule has 1 amide bonds. The number of aromatic amines is 1. The van der Waals surface area contributed by atoms with Crippen LogP contribution in [0.5, 0.6) is 0 Å². The molecule has 0 bridgehead atoms. The summed E-state index contributed by atoms with van der Waals surface area (Å²) in [6.07, 6.45) is 3.19. The maximum absolute atomic E-state index is 12.3. The third-order valence-electron chi connectivity index (χ3n) is 3.42. The zero-order valence-electron chi connectivity index (χ0n) is 11.3. The van der Waals surface area contributed by atoms with E-state index < -0.39 is 10.0 Å². The highest BCUT2D eigenvalue weighted by molar-refractivity contribution is 7.89. The predicted octanol–water partition coefficient (Wildman–Crippen LogP) is 0.161. The molecular formula is C12H19N3O4S. The van der Waals surface area contributed by atoms with Crippen LogP contribution in [0.1, 0.15) is 23.3 Å². The van der Waals surface area contributed by atoms with E-state index in [0.717, 1.165) is 12.8 Å². The Morgan fingerprint density at radius 3 is 2.95 bits per heavy atom. The molecule has 2 heterocycles. The van der Waals surface area contributed by atoms with Crippen LogP contribution in [-0.2, 0) is 14.8 Å². The smallest absolute Gasteiger partial charge is 0.270 e. The number of nitrogens with two attached hydrogens (primary N) is 1. The number of ether oxygens (including phenoxy) is 1. The predicted molar refractivity (Wildman–Crippen MR) is 72.7 cm³/mol. The summed E-state index contributed by atoms with van der Waals surface area (Å²) < 4.78 is 27.5. The molecular weight excluding hydrogens is 282 g/mol. The molecule has 1 aromatic heterocycles. The van der Waals surface area contributed by atoms with Gasteiger partial charge >= 0.3 is 0 Å². The Labute approximate surface area is 118 Å². The minimum Gasteiger partial charge on any atom is -0.384 e. The van der Waals surface area contributed by atoms with Crippen LogP contribution >= 0.6 is 0 Å². The highest BCUT2D eigenvalue weighted by Crippen LogP contribution is 2.19. The van der Waals surface area contributed by atoms with Gasteiger partial charge in [-0.05, 0) is 24.8 Å². The first-order chi connectivity index (χ1) is 9.41. The molecule has 1 atom stereocenters. The lowest BCUT2D eigenvalue weighted by Gasteiger charge is -2.32. The molecule has 0 aromatic carbocycles. The fourth-order valence-corrected chi connectivity index (χ4v) is 2.96. The molecule has 1 aromatic rings. The monoisotopic (exact) mass is 301 g/mol. The Morgan fingerprint density at radius 2 is 2.35 bits per heavy atom. The van der Waals surface area contributed by atoms with E-state index in [1.165, 1.54) is 12.3 Å². The van der Waals surface area contributed by atoms with E-state index in [1.807, 2.05) is 0 Å². The summed E-state index contributed by atoms with van der Waals surface area (Å²) in [6, 6.07) is 1.28. The summed E-state index contributed by atoms with van der Waals surface area (Å²) in [5.41, 5.74) is 0.243. The first-order valence-electron chi connectivity index (χ1n) is 6.41. The Hall–Kier alpha value is -1.38. The average molecular weight is 301 g/mol. The van der Waals surface area contributed by atoms with Gasteiger partial charge in [0.05, 0.1) is 11.5 Å². The van der Waals surface area contributed by atoms with Gasteiger partial charge in [-0.15, -0.1) is 0 Å². The second-order valence-corrected chi connectivity index (χ2v) is 6.57. The van der Waals surface area contributed by atoms with Crippen molar-refractivity contribution in [3.05, 3.63) is 18.0 Å². The number of amides is 1. The van der Waals surface area contributed by atoms with Crippen molar-refractivity contribution in [3.8, 4) is 0 Å². The minimum absolute atomic E-state index is 0.0775. The number of hydrogen-bond acceptors (Lipinski definition) is 4. The molecule has 0 radical (unpaired) electrons. The van der Waals surface area contributed by atoms with Gasteiger partial charge in [-0.1, -0.05) is 0 Å². The lowest BCUT2D eigenvalue weighted by Crippen LogP contribution is -2.41. The van der Waals surface area contributed by atoms with Crippen LogP contribution in [0.2, 0.25) is 0 Å². The highest BCUT2D eigenvalue weighted by Gasteiger charge is 2.26. The van der Waals surface area contributed by atoms with Gasteiger partial charge < -0.3 is 14.6 Å². The Bertz CT molecular complexity index is 579. The number of H-pyrrole nitrogens is 1. The molecule has 20 heavy (non-hydrogen) atoms. The van der Waals surface area contributed by atoms with Gasteiger partial charge in [0.15, 0.2) is 0 Å². The fraction of sp³-hybridized carbons (Fsp3) is 0.583. The molecule has 0 saturated carbocycles. The number of carbonyl (C=O) groups is 1. The van der Waals surface area contributed by atoms with Gasteiger partial charge in [0.25, 0.3) is 5.91 Å². The quantitative estimate of drug-likeness (QED) is 0.826.